The number of nitrogens with zero attached hydrogens (tertiary/aromatic N) is 1. The lowest BCUT2D eigenvalue weighted by Gasteiger charge is -2.31. The Labute approximate surface area is 91.5 Å². The van der Waals surface area contributed by atoms with Gasteiger partial charge < -0.3 is 10.0 Å². The molecule has 2 nitrogen and oxygen atoms in total. The zero-order valence-corrected chi connectivity index (χ0v) is 9.70. The van der Waals surface area contributed by atoms with Crippen LogP contribution in [0.1, 0.15) is 24.5 Å². The van der Waals surface area contributed by atoms with E-state index in [-0.39, 0.29) is 6.04 Å². The van der Waals surface area contributed by atoms with Gasteiger partial charge in [0.2, 0.25) is 0 Å². The number of hydrogen-bond acceptors (Lipinski definition) is 2. The third-order valence-corrected chi connectivity index (χ3v) is 3.81. The average Bonchev–Trinajstić information content (AvgIpc) is 2.48. The van der Waals surface area contributed by atoms with Crippen LogP contribution in [0, 0.1) is 6.92 Å². The summed E-state index contributed by atoms with van der Waals surface area (Å²) >= 11 is 0. The molecule has 1 saturated heterocycles. The molecule has 82 valence electrons. The van der Waals surface area contributed by atoms with E-state index in [2.05, 4.69) is 31.9 Å². The molecule has 0 unspecified atom stereocenters. The second-order valence-corrected chi connectivity index (χ2v) is 4.65. The van der Waals surface area contributed by atoms with E-state index in [4.69, 9.17) is 0 Å². The fraction of sp³-hybridized carbons (Fsp3) is 0.538. The van der Waals surface area contributed by atoms with E-state index in [9.17, 15) is 5.11 Å². The lowest BCUT2D eigenvalue weighted by Crippen LogP contribution is -2.39. The summed E-state index contributed by atoms with van der Waals surface area (Å²) in [5, 5.41) is 10.7. The van der Waals surface area contributed by atoms with Crippen LogP contribution in [-0.4, -0.2) is 29.6 Å². The molecular formula is C13H19NO. The van der Waals surface area contributed by atoms with Crippen molar-refractivity contribution < 1.29 is 5.11 Å². The molecule has 0 bridgehead atoms. The Morgan fingerprint density at radius 1 is 1.40 bits per heavy atom. The number of hydrogen-bond donors (Lipinski definition) is 1. The van der Waals surface area contributed by atoms with Crippen molar-refractivity contribution in [3.8, 4) is 0 Å². The first kappa shape index (κ1) is 10.7. The summed E-state index contributed by atoms with van der Waals surface area (Å²) in [6.07, 6.45) is 0.829. The number of likely N-dealkylation sites (tertiary alicyclic amines) is 1. The quantitative estimate of drug-likeness (QED) is 0.757. The van der Waals surface area contributed by atoms with Gasteiger partial charge in [-0.05, 0) is 38.4 Å². The minimum Gasteiger partial charge on any atom is -0.383 e. The molecule has 1 aliphatic rings. The summed E-state index contributed by atoms with van der Waals surface area (Å²) in [5.41, 5.74) is 1.60. The summed E-state index contributed by atoms with van der Waals surface area (Å²) in [7, 11) is 2.07. The highest BCUT2D eigenvalue weighted by atomic mass is 16.3. The van der Waals surface area contributed by atoms with Crippen LogP contribution in [0.4, 0.5) is 0 Å². The van der Waals surface area contributed by atoms with Crippen LogP contribution in [0.2, 0.25) is 0 Å². The standard InChI is InChI=1S/C13H19NO/c1-10-6-4-5-7-12(10)13(15)8-9-14(3)11(13)2/h4-7,11,15H,8-9H2,1-3H3/t11-,13-/m0/s1. The van der Waals surface area contributed by atoms with Gasteiger partial charge in [0.15, 0.2) is 0 Å². The highest BCUT2D eigenvalue weighted by molar-refractivity contribution is 5.33. The second-order valence-electron chi connectivity index (χ2n) is 4.65. The molecule has 0 spiro atoms. The molecule has 0 amide bonds. The van der Waals surface area contributed by atoms with Crippen LogP contribution in [0.3, 0.4) is 0 Å². The molecule has 2 heteroatoms. The molecule has 2 rings (SSSR count). The van der Waals surface area contributed by atoms with Crippen molar-refractivity contribution in [1.82, 2.24) is 4.90 Å². The smallest absolute Gasteiger partial charge is 0.106 e. The number of aryl methyl sites for hydroxylation is 1. The van der Waals surface area contributed by atoms with E-state index >= 15 is 0 Å². The average molecular weight is 205 g/mol. The van der Waals surface area contributed by atoms with Crippen LogP contribution >= 0.6 is 0 Å². The van der Waals surface area contributed by atoms with Crippen LogP contribution in [0.15, 0.2) is 24.3 Å². The van der Waals surface area contributed by atoms with E-state index in [1.165, 1.54) is 5.56 Å². The molecule has 1 aromatic rings. The van der Waals surface area contributed by atoms with Crippen LogP contribution in [0.5, 0.6) is 0 Å². The SMILES string of the molecule is Cc1ccccc1[C@]1(O)CCN(C)[C@H]1C. The predicted octanol–water partition coefficient (Wildman–Crippen LogP) is 1.91. The first-order valence-corrected chi connectivity index (χ1v) is 5.54. The van der Waals surface area contributed by atoms with Crippen molar-refractivity contribution in [2.24, 2.45) is 0 Å². The van der Waals surface area contributed by atoms with Gasteiger partial charge in [-0.2, -0.15) is 0 Å². The zero-order chi connectivity index (χ0) is 11.1. The Balaban J connectivity index is 2.42. The monoisotopic (exact) mass is 205 g/mol. The van der Waals surface area contributed by atoms with Gasteiger partial charge in [0.05, 0.1) is 0 Å². The van der Waals surface area contributed by atoms with Crippen molar-refractivity contribution >= 4 is 0 Å². The van der Waals surface area contributed by atoms with Gasteiger partial charge in [-0.15, -0.1) is 0 Å². The van der Waals surface area contributed by atoms with Gasteiger partial charge in [0.25, 0.3) is 0 Å². The van der Waals surface area contributed by atoms with Gasteiger partial charge in [0, 0.05) is 12.6 Å². The van der Waals surface area contributed by atoms with Crippen LogP contribution in [-0.2, 0) is 5.60 Å². The van der Waals surface area contributed by atoms with Gasteiger partial charge in [-0.25, -0.2) is 0 Å². The number of rotatable bonds is 1. The molecule has 1 aromatic carbocycles. The molecule has 1 fully saturated rings. The minimum absolute atomic E-state index is 0.193. The number of likely N-dealkylation sites (N-methyl/N-ethyl adjacent to an activating group) is 1. The highest BCUT2D eigenvalue weighted by Crippen LogP contribution is 2.38. The molecule has 0 aromatic heterocycles. The zero-order valence-electron chi connectivity index (χ0n) is 9.70. The van der Waals surface area contributed by atoms with E-state index in [1.807, 2.05) is 18.2 Å². The van der Waals surface area contributed by atoms with Crippen LogP contribution < -0.4 is 0 Å². The maximum absolute atomic E-state index is 10.7. The molecular weight excluding hydrogens is 186 g/mol. The second kappa shape index (κ2) is 3.62. The molecule has 0 aliphatic carbocycles. The Hall–Kier alpha value is -0.860. The lowest BCUT2D eigenvalue weighted by atomic mass is 9.85. The molecule has 0 saturated carbocycles. The predicted molar refractivity (Wildman–Crippen MR) is 61.8 cm³/mol. The normalized spacial score (nSPS) is 32.1. The molecule has 2 atom stereocenters. The fourth-order valence-electron chi connectivity index (χ4n) is 2.53. The number of aliphatic hydroxyl groups is 1. The van der Waals surface area contributed by atoms with E-state index in [0.29, 0.717) is 0 Å². The van der Waals surface area contributed by atoms with Crippen molar-refractivity contribution in [2.75, 3.05) is 13.6 Å². The summed E-state index contributed by atoms with van der Waals surface area (Å²) < 4.78 is 0. The van der Waals surface area contributed by atoms with Crippen molar-refractivity contribution in [2.45, 2.75) is 31.9 Å². The van der Waals surface area contributed by atoms with Crippen molar-refractivity contribution in [3.63, 3.8) is 0 Å². The molecule has 15 heavy (non-hydrogen) atoms. The molecule has 1 aliphatic heterocycles. The third kappa shape index (κ3) is 1.58. The Morgan fingerprint density at radius 3 is 2.60 bits per heavy atom. The maximum atomic E-state index is 10.7. The summed E-state index contributed by atoms with van der Waals surface area (Å²) in [6.45, 7) is 5.13. The topological polar surface area (TPSA) is 23.5 Å². The lowest BCUT2D eigenvalue weighted by molar-refractivity contribution is 0.0103. The first-order chi connectivity index (χ1) is 7.05. The summed E-state index contributed by atoms with van der Waals surface area (Å²) in [5.74, 6) is 0. The Kier molecular flexibility index (Phi) is 2.57. The van der Waals surface area contributed by atoms with Gasteiger partial charge in [-0.1, -0.05) is 24.3 Å². The molecule has 1 heterocycles. The van der Waals surface area contributed by atoms with Gasteiger partial charge in [-0.3, -0.25) is 0 Å². The Morgan fingerprint density at radius 2 is 2.07 bits per heavy atom. The first-order valence-electron chi connectivity index (χ1n) is 5.54. The third-order valence-electron chi connectivity index (χ3n) is 3.81. The molecule has 0 radical (unpaired) electrons. The summed E-state index contributed by atoms with van der Waals surface area (Å²) in [6, 6.07) is 8.33. The van der Waals surface area contributed by atoms with Gasteiger partial charge >= 0.3 is 0 Å². The summed E-state index contributed by atoms with van der Waals surface area (Å²) in [4.78, 5) is 2.21. The van der Waals surface area contributed by atoms with Crippen molar-refractivity contribution in [3.05, 3.63) is 35.4 Å². The molecule has 1 N–H and O–H groups in total. The highest BCUT2D eigenvalue weighted by Gasteiger charge is 2.43. The van der Waals surface area contributed by atoms with Crippen molar-refractivity contribution in [1.29, 1.82) is 0 Å². The largest absolute Gasteiger partial charge is 0.383 e. The van der Waals surface area contributed by atoms with E-state index in [1.54, 1.807) is 0 Å². The van der Waals surface area contributed by atoms with E-state index < -0.39 is 5.60 Å². The van der Waals surface area contributed by atoms with E-state index in [0.717, 1.165) is 18.5 Å². The Bertz CT molecular complexity index is 363. The van der Waals surface area contributed by atoms with Gasteiger partial charge in [0.1, 0.15) is 5.60 Å². The minimum atomic E-state index is -0.667. The van der Waals surface area contributed by atoms with Crippen LogP contribution in [0.25, 0.3) is 0 Å². The fourth-order valence-corrected chi connectivity index (χ4v) is 2.53. The number of benzene rings is 1. The maximum Gasteiger partial charge on any atom is 0.106 e.